The maximum absolute atomic E-state index is 6.89. The third-order valence-corrected chi connectivity index (χ3v) is 14.2. The monoisotopic (exact) mass is 830 g/mol. The van der Waals surface area contributed by atoms with Crippen LogP contribution in [0.2, 0.25) is 0 Å². The van der Waals surface area contributed by atoms with Crippen LogP contribution in [-0.4, -0.2) is 17.3 Å². The molecule has 6 heteroatoms. The zero-order valence-electron chi connectivity index (χ0n) is 36.3. The van der Waals surface area contributed by atoms with Crippen LogP contribution in [0.25, 0.3) is 54.4 Å². The lowest BCUT2D eigenvalue weighted by Gasteiger charge is -2.37. The van der Waals surface area contributed by atoms with Crippen LogP contribution >= 0.6 is 0 Å². The van der Waals surface area contributed by atoms with Crippen LogP contribution in [0.5, 0.6) is 5.75 Å². The molecule has 2 aliphatic heterocycles. The summed E-state index contributed by atoms with van der Waals surface area (Å²) in [5, 5.41) is 8.75. The number of rotatable bonds is 7. The Morgan fingerprint density at radius 3 is 2.19 bits per heavy atom. The molecule has 0 spiro atoms. The molecule has 64 heavy (non-hydrogen) atoms. The molecule has 0 fully saturated rings. The summed E-state index contributed by atoms with van der Waals surface area (Å²) < 4.78 is 13.6. The number of nitrogens with zero attached hydrogens (tertiary/aromatic N) is 4. The number of anilines is 6. The minimum Gasteiger partial charge on any atom is -0.481 e. The lowest BCUT2D eigenvalue weighted by molar-refractivity contribution is 0.258. The standard InChI is InChI=1S/C58H46N4O2/c1-34(2)42-33-48(61(36-15-7-5-8-16-36)45-21-13-20-41-54-50(64-56(41)45)23-14-29-59-54)43-32-44-51-35(26-28-58(44,3)4)31-47(39-25-24-38(42)52(43)53(39)51)62(37-17-9-6-10-18-37)46-27-30-60-55-40-19-11-12-22-49(40)63-57(46)55/h5-25,27,29-34,50,54H,26,28H2,1-4H3. The summed E-state index contributed by atoms with van der Waals surface area (Å²) in [5.41, 5.74) is 14.0. The van der Waals surface area contributed by atoms with Crippen molar-refractivity contribution in [3.05, 3.63) is 180 Å². The van der Waals surface area contributed by atoms with Crippen LogP contribution in [-0.2, 0) is 11.8 Å². The van der Waals surface area contributed by atoms with Crippen molar-refractivity contribution in [3.8, 4) is 5.75 Å². The fourth-order valence-corrected chi connectivity index (χ4v) is 11.1. The third-order valence-electron chi connectivity index (χ3n) is 14.2. The molecule has 2 aromatic heterocycles. The Morgan fingerprint density at radius 2 is 1.39 bits per heavy atom. The van der Waals surface area contributed by atoms with Gasteiger partial charge in [0.2, 0.25) is 0 Å². The van der Waals surface area contributed by atoms with E-state index in [9.17, 15) is 0 Å². The molecule has 8 aromatic carbocycles. The first kappa shape index (κ1) is 37.1. The molecule has 2 unspecified atom stereocenters. The average molecular weight is 831 g/mol. The fraction of sp³-hybridized carbons (Fsp3) is 0.172. The minimum atomic E-state index is -0.137. The number of dihydropyridines is 1. The topological polar surface area (TPSA) is 54.1 Å². The van der Waals surface area contributed by atoms with Gasteiger partial charge in [-0.3, -0.25) is 9.98 Å². The van der Waals surface area contributed by atoms with Crippen LogP contribution in [0.1, 0.15) is 68.3 Å². The molecule has 0 radical (unpaired) electrons. The van der Waals surface area contributed by atoms with E-state index in [0.29, 0.717) is 0 Å². The predicted molar refractivity (Wildman–Crippen MR) is 265 cm³/mol. The number of furan rings is 1. The van der Waals surface area contributed by atoms with Crippen molar-refractivity contribution in [3.63, 3.8) is 0 Å². The summed E-state index contributed by atoms with van der Waals surface area (Å²) in [7, 11) is 0. The van der Waals surface area contributed by atoms with E-state index in [1.165, 1.54) is 49.0 Å². The first-order valence-corrected chi connectivity index (χ1v) is 22.6. The Morgan fingerprint density at radius 1 is 0.656 bits per heavy atom. The summed E-state index contributed by atoms with van der Waals surface area (Å²) in [6.45, 7) is 9.52. The lowest BCUT2D eigenvalue weighted by Crippen LogP contribution is -2.24. The molecule has 310 valence electrons. The second-order valence-corrected chi connectivity index (χ2v) is 18.7. The van der Waals surface area contributed by atoms with Gasteiger partial charge in [-0.2, -0.15) is 0 Å². The molecule has 6 nitrogen and oxygen atoms in total. The number of aliphatic imine (C=N–C) groups is 1. The van der Waals surface area contributed by atoms with E-state index >= 15 is 0 Å². The Labute approximate surface area is 372 Å². The molecule has 0 bridgehead atoms. The first-order valence-electron chi connectivity index (χ1n) is 22.6. The van der Waals surface area contributed by atoms with Crippen molar-refractivity contribution in [1.29, 1.82) is 0 Å². The normalized spacial score (nSPS) is 17.2. The molecule has 2 atom stereocenters. The molecule has 0 saturated carbocycles. The SMILES string of the molecule is CC(C)c1cc(N(c2ccccc2)c2cccc3c2OC2C=CC=NC32)c2cc3c4c(cc(N(c5ccccc5)c5ccnc6c5oc5ccccc56)c5ccc1c2c54)CCC3(C)C. The smallest absolute Gasteiger partial charge is 0.177 e. The quantitative estimate of drug-likeness (QED) is 0.150. The Hall–Kier alpha value is -7.44. The Kier molecular flexibility index (Phi) is 8.00. The second-order valence-electron chi connectivity index (χ2n) is 18.7. The number of para-hydroxylation sites is 4. The average Bonchev–Trinajstić information content (AvgIpc) is 3.91. The first-order chi connectivity index (χ1) is 31.3. The summed E-state index contributed by atoms with van der Waals surface area (Å²) in [6, 6.07) is 50.7. The van der Waals surface area contributed by atoms with Gasteiger partial charge in [-0.15, -0.1) is 0 Å². The van der Waals surface area contributed by atoms with Crippen LogP contribution in [0.4, 0.5) is 34.1 Å². The molecule has 3 aliphatic rings. The highest BCUT2D eigenvalue weighted by atomic mass is 16.5. The van der Waals surface area contributed by atoms with E-state index in [-0.39, 0.29) is 23.5 Å². The van der Waals surface area contributed by atoms with Gasteiger partial charge in [-0.05, 0) is 136 Å². The molecule has 0 amide bonds. The van der Waals surface area contributed by atoms with Crippen LogP contribution in [0.3, 0.4) is 0 Å². The van der Waals surface area contributed by atoms with Crippen molar-refractivity contribution in [2.75, 3.05) is 9.80 Å². The number of pyridine rings is 1. The highest BCUT2D eigenvalue weighted by Crippen LogP contribution is 2.56. The van der Waals surface area contributed by atoms with E-state index in [2.05, 4.69) is 171 Å². The van der Waals surface area contributed by atoms with Crippen LogP contribution in [0, 0.1) is 0 Å². The van der Waals surface area contributed by atoms with Gasteiger partial charge in [0, 0.05) is 50.9 Å². The summed E-state index contributed by atoms with van der Waals surface area (Å²) in [4.78, 5) is 14.7. The van der Waals surface area contributed by atoms with Crippen molar-refractivity contribution in [1.82, 2.24) is 4.98 Å². The zero-order chi connectivity index (χ0) is 42.8. The van der Waals surface area contributed by atoms with E-state index in [4.69, 9.17) is 19.1 Å². The maximum Gasteiger partial charge on any atom is 0.177 e. The summed E-state index contributed by atoms with van der Waals surface area (Å²) >= 11 is 0. The Balaban J connectivity index is 1.16. The van der Waals surface area contributed by atoms with Gasteiger partial charge >= 0.3 is 0 Å². The molecule has 10 aromatic rings. The van der Waals surface area contributed by atoms with Crippen LogP contribution < -0.4 is 14.5 Å². The highest BCUT2D eigenvalue weighted by Gasteiger charge is 2.38. The van der Waals surface area contributed by atoms with E-state index in [0.717, 1.165) is 80.3 Å². The number of hydrogen-bond acceptors (Lipinski definition) is 6. The van der Waals surface area contributed by atoms with E-state index in [1.54, 1.807) is 0 Å². The van der Waals surface area contributed by atoms with Gasteiger partial charge in [-0.1, -0.05) is 100 Å². The largest absolute Gasteiger partial charge is 0.481 e. The fourth-order valence-electron chi connectivity index (χ4n) is 11.1. The molecule has 0 saturated heterocycles. The van der Waals surface area contributed by atoms with Gasteiger partial charge in [0.15, 0.2) is 5.58 Å². The number of aromatic nitrogens is 1. The van der Waals surface area contributed by atoms with Gasteiger partial charge in [0.05, 0.1) is 22.7 Å². The zero-order valence-corrected chi connectivity index (χ0v) is 36.3. The van der Waals surface area contributed by atoms with E-state index < -0.39 is 0 Å². The maximum atomic E-state index is 6.89. The third kappa shape index (κ3) is 5.32. The summed E-state index contributed by atoms with van der Waals surface area (Å²) in [5.74, 6) is 1.14. The molecule has 4 heterocycles. The van der Waals surface area contributed by atoms with Gasteiger partial charge in [0.25, 0.3) is 0 Å². The predicted octanol–water partition coefficient (Wildman–Crippen LogP) is 15.6. The highest BCUT2D eigenvalue weighted by molar-refractivity contribution is 6.30. The molecule has 1 aliphatic carbocycles. The van der Waals surface area contributed by atoms with Gasteiger partial charge in [0.1, 0.15) is 29.0 Å². The molecular formula is C58H46N4O2. The van der Waals surface area contributed by atoms with Crippen molar-refractivity contribution in [2.45, 2.75) is 64.0 Å². The van der Waals surface area contributed by atoms with Gasteiger partial charge < -0.3 is 19.0 Å². The number of ether oxygens (including phenoxy) is 1. The van der Waals surface area contributed by atoms with Crippen molar-refractivity contribution in [2.24, 2.45) is 4.99 Å². The molecule has 13 rings (SSSR count). The minimum absolute atomic E-state index is 0.0609. The Bertz CT molecular complexity index is 3570. The number of aryl methyl sites for hydroxylation is 1. The van der Waals surface area contributed by atoms with Crippen LogP contribution in [0.15, 0.2) is 167 Å². The van der Waals surface area contributed by atoms with Gasteiger partial charge in [-0.25, -0.2) is 0 Å². The number of benzene rings is 8. The number of hydrogen-bond donors (Lipinski definition) is 0. The molecule has 0 N–H and O–H groups in total. The van der Waals surface area contributed by atoms with E-state index in [1.807, 2.05) is 30.6 Å². The second kappa shape index (κ2) is 13.8. The molecular weight excluding hydrogens is 785 g/mol. The number of allylic oxidation sites excluding steroid dienone is 1. The van der Waals surface area contributed by atoms with Crippen molar-refractivity contribution >= 4 is 94.7 Å². The lowest BCUT2D eigenvalue weighted by atomic mass is 9.70. The summed E-state index contributed by atoms with van der Waals surface area (Å²) in [6.07, 6.45) is 9.84. The number of fused-ring (bicyclic) bond motifs is 6. The van der Waals surface area contributed by atoms with Crippen molar-refractivity contribution < 1.29 is 9.15 Å².